The molecule has 0 aromatic carbocycles. The van der Waals surface area contributed by atoms with Crippen molar-refractivity contribution < 1.29 is 8.42 Å². The van der Waals surface area contributed by atoms with E-state index in [2.05, 4.69) is 17.0 Å². The van der Waals surface area contributed by atoms with Crippen molar-refractivity contribution >= 4 is 33.1 Å². The fraction of sp³-hybridized carbons (Fsp3) is 0.692. The third-order valence-corrected chi connectivity index (χ3v) is 6.44. The lowest BCUT2D eigenvalue weighted by Gasteiger charge is -2.14. The molecule has 2 N–H and O–H groups in total. The van der Waals surface area contributed by atoms with Gasteiger partial charge in [0.05, 0.1) is 4.90 Å². The summed E-state index contributed by atoms with van der Waals surface area (Å²) in [5.41, 5.74) is 0. The molecule has 0 amide bonds. The maximum atomic E-state index is 12.4. The van der Waals surface area contributed by atoms with E-state index in [4.69, 9.17) is 0 Å². The molecule has 1 aromatic heterocycles. The van der Waals surface area contributed by atoms with Gasteiger partial charge in [-0.05, 0) is 42.8 Å². The molecular formula is C13H24N2O2S3. The van der Waals surface area contributed by atoms with Gasteiger partial charge < -0.3 is 5.32 Å². The molecule has 1 unspecified atom stereocenters. The van der Waals surface area contributed by atoms with Gasteiger partial charge in [0.15, 0.2) is 0 Å². The van der Waals surface area contributed by atoms with E-state index in [1.54, 1.807) is 6.07 Å². The van der Waals surface area contributed by atoms with Crippen LogP contribution in [0.4, 0.5) is 0 Å². The normalized spacial score (nSPS) is 13.6. The van der Waals surface area contributed by atoms with Crippen molar-refractivity contribution in [1.29, 1.82) is 0 Å². The summed E-state index contributed by atoms with van der Waals surface area (Å²) < 4.78 is 27.5. The second kappa shape index (κ2) is 9.04. The van der Waals surface area contributed by atoms with Crippen LogP contribution in [-0.4, -0.2) is 32.5 Å². The number of hydrogen-bond acceptors (Lipinski definition) is 5. The van der Waals surface area contributed by atoms with Crippen molar-refractivity contribution in [3.8, 4) is 0 Å². The van der Waals surface area contributed by atoms with Crippen molar-refractivity contribution in [3.63, 3.8) is 0 Å². The van der Waals surface area contributed by atoms with Gasteiger partial charge in [0, 0.05) is 17.5 Å². The second-order valence-electron chi connectivity index (χ2n) is 4.50. The maximum Gasteiger partial charge on any atom is 0.241 e. The van der Waals surface area contributed by atoms with Crippen molar-refractivity contribution in [1.82, 2.24) is 10.0 Å². The van der Waals surface area contributed by atoms with Crippen LogP contribution in [0.5, 0.6) is 0 Å². The summed E-state index contributed by atoms with van der Waals surface area (Å²) in [6.07, 6.45) is 0.852. The van der Waals surface area contributed by atoms with Crippen LogP contribution in [-0.2, 0) is 16.6 Å². The Kier molecular flexibility index (Phi) is 8.13. The van der Waals surface area contributed by atoms with Gasteiger partial charge in [-0.2, -0.15) is 11.8 Å². The van der Waals surface area contributed by atoms with Crippen molar-refractivity contribution in [2.24, 2.45) is 0 Å². The van der Waals surface area contributed by atoms with E-state index in [-0.39, 0.29) is 6.04 Å². The Morgan fingerprint density at radius 3 is 2.80 bits per heavy atom. The zero-order valence-electron chi connectivity index (χ0n) is 12.3. The van der Waals surface area contributed by atoms with Gasteiger partial charge in [0.2, 0.25) is 10.0 Å². The van der Waals surface area contributed by atoms with Crippen LogP contribution in [0.1, 0.15) is 32.1 Å². The highest BCUT2D eigenvalue weighted by Gasteiger charge is 2.21. The van der Waals surface area contributed by atoms with E-state index in [1.807, 2.05) is 31.0 Å². The first kappa shape index (κ1) is 18.0. The minimum atomic E-state index is -3.40. The predicted octanol–water partition coefficient (Wildman–Crippen LogP) is 2.67. The van der Waals surface area contributed by atoms with Crippen LogP contribution < -0.4 is 10.0 Å². The first-order chi connectivity index (χ1) is 9.51. The standard InChI is InChI=1S/C13H24N2O2S3/c1-4-14-10-12-13(7-9-19-12)20(16,17)15-11(3)6-8-18-5-2/h7,9,11,14-15H,4-6,8,10H2,1-3H3. The average Bonchev–Trinajstić information content (AvgIpc) is 2.85. The number of hydrogen-bond donors (Lipinski definition) is 2. The largest absolute Gasteiger partial charge is 0.312 e. The molecule has 1 heterocycles. The van der Waals surface area contributed by atoms with E-state index in [0.717, 1.165) is 29.3 Å². The third-order valence-electron chi connectivity index (χ3n) is 2.79. The van der Waals surface area contributed by atoms with Crippen LogP contribution in [0, 0.1) is 0 Å². The molecule has 0 radical (unpaired) electrons. The van der Waals surface area contributed by atoms with Gasteiger partial charge >= 0.3 is 0 Å². The van der Waals surface area contributed by atoms with Gasteiger partial charge in [0.25, 0.3) is 0 Å². The van der Waals surface area contributed by atoms with E-state index >= 15 is 0 Å². The Bertz CT molecular complexity index is 486. The van der Waals surface area contributed by atoms with E-state index in [1.165, 1.54) is 11.3 Å². The number of nitrogens with one attached hydrogen (secondary N) is 2. The Morgan fingerprint density at radius 2 is 2.15 bits per heavy atom. The molecular weight excluding hydrogens is 312 g/mol. The average molecular weight is 337 g/mol. The van der Waals surface area contributed by atoms with Crippen LogP contribution in [0.25, 0.3) is 0 Å². The molecule has 0 aliphatic rings. The minimum absolute atomic E-state index is 0.0362. The summed E-state index contributed by atoms with van der Waals surface area (Å²) in [6, 6.07) is 1.65. The molecule has 0 aliphatic carbocycles. The van der Waals surface area contributed by atoms with Crippen molar-refractivity contribution in [2.75, 3.05) is 18.1 Å². The topological polar surface area (TPSA) is 58.2 Å². The van der Waals surface area contributed by atoms with E-state index in [9.17, 15) is 8.42 Å². The third kappa shape index (κ3) is 5.73. The summed E-state index contributed by atoms with van der Waals surface area (Å²) >= 11 is 3.31. The molecule has 1 atom stereocenters. The fourth-order valence-electron chi connectivity index (χ4n) is 1.73. The molecule has 1 rings (SSSR count). The van der Waals surface area contributed by atoms with Crippen molar-refractivity contribution in [3.05, 3.63) is 16.3 Å². The van der Waals surface area contributed by atoms with Gasteiger partial charge in [-0.1, -0.05) is 13.8 Å². The molecule has 116 valence electrons. The molecule has 0 bridgehead atoms. The van der Waals surface area contributed by atoms with Gasteiger partial charge in [0.1, 0.15) is 0 Å². The Balaban J connectivity index is 2.66. The first-order valence-corrected chi connectivity index (χ1v) is 10.4. The Morgan fingerprint density at radius 1 is 1.40 bits per heavy atom. The van der Waals surface area contributed by atoms with Gasteiger partial charge in [-0.15, -0.1) is 11.3 Å². The van der Waals surface area contributed by atoms with E-state index in [0.29, 0.717) is 11.4 Å². The molecule has 7 heteroatoms. The van der Waals surface area contributed by atoms with Gasteiger partial charge in [-0.25, -0.2) is 13.1 Å². The van der Waals surface area contributed by atoms with Crippen LogP contribution >= 0.6 is 23.1 Å². The summed E-state index contributed by atoms with van der Waals surface area (Å²) in [5.74, 6) is 2.05. The Labute approximate surface area is 130 Å². The number of thioether (sulfide) groups is 1. The highest BCUT2D eigenvalue weighted by atomic mass is 32.2. The fourth-order valence-corrected chi connectivity index (χ4v) is 5.23. The van der Waals surface area contributed by atoms with E-state index < -0.39 is 10.0 Å². The molecule has 4 nitrogen and oxygen atoms in total. The minimum Gasteiger partial charge on any atom is -0.312 e. The monoisotopic (exact) mass is 336 g/mol. The molecule has 0 spiro atoms. The first-order valence-electron chi connectivity index (χ1n) is 6.88. The molecule has 0 fully saturated rings. The lowest BCUT2D eigenvalue weighted by atomic mass is 10.3. The van der Waals surface area contributed by atoms with Crippen LogP contribution in [0.15, 0.2) is 16.3 Å². The summed E-state index contributed by atoms with van der Waals surface area (Å²) in [6.45, 7) is 7.47. The number of sulfonamides is 1. The molecule has 20 heavy (non-hydrogen) atoms. The second-order valence-corrected chi connectivity index (χ2v) is 8.57. The molecule has 0 saturated carbocycles. The summed E-state index contributed by atoms with van der Waals surface area (Å²) in [7, 11) is -3.40. The lowest BCUT2D eigenvalue weighted by molar-refractivity contribution is 0.556. The summed E-state index contributed by atoms with van der Waals surface area (Å²) in [5, 5.41) is 5.01. The highest BCUT2D eigenvalue weighted by Crippen LogP contribution is 2.22. The molecule has 0 saturated heterocycles. The highest BCUT2D eigenvalue weighted by molar-refractivity contribution is 7.99. The summed E-state index contributed by atoms with van der Waals surface area (Å²) in [4.78, 5) is 1.29. The number of thiophene rings is 1. The maximum absolute atomic E-state index is 12.4. The zero-order valence-corrected chi connectivity index (χ0v) is 14.8. The van der Waals surface area contributed by atoms with Crippen molar-refractivity contribution in [2.45, 2.75) is 44.7 Å². The Hall–Kier alpha value is -0.0800. The number of rotatable bonds is 10. The van der Waals surface area contributed by atoms with Gasteiger partial charge in [-0.3, -0.25) is 0 Å². The molecule has 1 aromatic rings. The molecule has 0 aliphatic heterocycles. The predicted molar refractivity (Wildman–Crippen MR) is 89.1 cm³/mol. The smallest absolute Gasteiger partial charge is 0.241 e. The van der Waals surface area contributed by atoms with Crippen LogP contribution in [0.2, 0.25) is 0 Å². The SMILES string of the molecule is CCNCc1sccc1S(=O)(=O)NC(C)CCSCC. The van der Waals surface area contributed by atoms with Crippen LogP contribution in [0.3, 0.4) is 0 Å². The lowest BCUT2D eigenvalue weighted by Crippen LogP contribution is -2.33. The quantitative estimate of drug-likeness (QED) is 0.645. The zero-order chi connectivity index (χ0) is 15.0.